The number of carbonyl (C=O) groups is 1. The minimum atomic E-state index is -0.871. The Hall–Kier alpha value is -1.76. The zero-order valence-electron chi connectivity index (χ0n) is 16.6. The van der Waals surface area contributed by atoms with E-state index in [0.29, 0.717) is 21.7 Å². The van der Waals surface area contributed by atoms with E-state index in [0.717, 1.165) is 23.5 Å². The third-order valence-electron chi connectivity index (χ3n) is 4.29. The van der Waals surface area contributed by atoms with Crippen molar-refractivity contribution in [3.8, 4) is 5.75 Å². The Bertz CT molecular complexity index is 821. The summed E-state index contributed by atoms with van der Waals surface area (Å²) in [6.45, 7) is 9.02. The average Bonchev–Trinajstić information content (AvgIpc) is 2.88. The molecule has 0 aliphatic heterocycles. The first-order valence-corrected chi connectivity index (χ1v) is 9.99. The second-order valence-corrected chi connectivity index (χ2v) is 8.01. The van der Waals surface area contributed by atoms with Crippen LogP contribution in [-0.2, 0) is 17.8 Å². The van der Waals surface area contributed by atoms with Crippen molar-refractivity contribution in [2.24, 2.45) is 5.92 Å². The van der Waals surface area contributed by atoms with Crippen LogP contribution in [0.5, 0.6) is 5.75 Å². The molecule has 0 radical (unpaired) electrons. The van der Waals surface area contributed by atoms with Gasteiger partial charge in [-0.25, -0.2) is 0 Å². The molecule has 0 fully saturated rings. The lowest BCUT2D eigenvalue weighted by molar-refractivity contribution is -0.121. The highest BCUT2D eigenvalue weighted by Crippen LogP contribution is 2.31. The summed E-state index contributed by atoms with van der Waals surface area (Å²) >= 11 is 12.0. The van der Waals surface area contributed by atoms with Crippen molar-refractivity contribution in [3.63, 3.8) is 0 Å². The van der Waals surface area contributed by atoms with E-state index in [4.69, 9.17) is 27.9 Å². The van der Waals surface area contributed by atoms with Crippen molar-refractivity contribution < 1.29 is 14.6 Å². The molecular weight excluding hydrogens is 401 g/mol. The molecule has 2 N–H and O–H groups in total. The predicted octanol–water partition coefficient (Wildman–Crippen LogP) is 3.56. The van der Waals surface area contributed by atoms with Crippen molar-refractivity contribution >= 4 is 29.1 Å². The summed E-state index contributed by atoms with van der Waals surface area (Å²) in [4.78, 5) is 12.3. The molecule has 1 atom stereocenters. The lowest BCUT2D eigenvalue weighted by Gasteiger charge is -2.14. The van der Waals surface area contributed by atoms with Crippen molar-refractivity contribution in [3.05, 3.63) is 45.2 Å². The molecule has 8 heteroatoms. The highest BCUT2D eigenvalue weighted by atomic mass is 35.5. The van der Waals surface area contributed by atoms with Crippen LogP contribution in [0, 0.1) is 19.8 Å². The molecule has 1 aromatic carbocycles. The van der Waals surface area contributed by atoms with Crippen molar-refractivity contribution in [1.29, 1.82) is 0 Å². The molecule has 2 rings (SSSR count). The molecule has 1 unspecified atom stereocenters. The van der Waals surface area contributed by atoms with E-state index in [1.54, 1.807) is 18.2 Å². The Morgan fingerprint density at radius 2 is 2.04 bits per heavy atom. The van der Waals surface area contributed by atoms with Gasteiger partial charge in [0.2, 0.25) is 5.91 Å². The first-order chi connectivity index (χ1) is 13.2. The number of carbonyl (C=O) groups excluding carboxylic acids is 1. The molecule has 1 aromatic heterocycles. The number of aromatic nitrogens is 2. The Labute approximate surface area is 175 Å². The van der Waals surface area contributed by atoms with Gasteiger partial charge < -0.3 is 15.2 Å². The molecule has 0 spiro atoms. The van der Waals surface area contributed by atoms with Crippen molar-refractivity contribution in [2.75, 3.05) is 13.2 Å². The number of aliphatic hydroxyl groups excluding tert-OH is 1. The summed E-state index contributed by atoms with van der Waals surface area (Å²) in [5.74, 6) is 0.696. The van der Waals surface area contributed by atoms with Gasteiger partial charge >= 0.3 is 0 Å². The summed E-state index contributed by atoms with van der Waals surface area (Å²) in [5, 5.41) is 18.0. The number of nitrogens with zero attached hydrogens (tertiary/aromatic N) is 2. The molecule has 0 aliphatic carbocycles. The van der Waals surface area contributed by atoms with E-state index in [1.165, 1.54) is 0 Å². The number of amides is 1. The summed E-state index contributed by atoms with van der Waals surface area (Å²) in [6, 6.07) is 5.03. The molecule has 0 saturated carbocycles. The van der Waals surface area contributed by atoms with Gasteiger partial charge in [-0.1, -0.05) is 43.1 Å². The van der Waals surface area contributed by atoms with Crippen LogP contribution >= 0.6 is 23.2 Å². The van der Waals surface area contributed by atoms with Crippen molar-refractivity contribution in [1.82, 2.24) is 15.1 Å². The van der Waals surface area contributed by atoms with Gasteiger partial charge in [0.05, 0.1) is 17.1 Å². The van der Waals surface area contributed by atoms with E-state index >= 15 is 0 Å². The number of hydrogen-bond donors (Lipinski definition) is 2. The first-order valence-electron chi connectivity index (χ1n) is 9.23. The standard InChI is InChI=1S/C20H27Cl2N3O3/c1-12(2)10-25-14(4)16(13(3)24-25)8-19(27)23-9-15(26)11-28-18-7-5-6-17(21)20(18)22/h5-7,12,15,26H,8-11H2,1-4H3,(H,23,27). The highest BCUT2D eigenvalue weighted by Gasteiger charge is 2.16. The van der Waals surface area contributed by atoms with E-state index in [9.17, 15) is 9.90 Å². The maximum absolute atomic E-state index is 12.3. The van der Waals surface area contributed by atoms with Gasteiger partial charge in [-0.3, -0.25) is 9.48 Å². The maximum Gasteiger partial charge on any atom is 0.224 e. The zero-order chi connectivity index (χ0) is 20.8. The number of hydrogen-bond acceptors (Lipinski definition) is 4. The van der Waals surface area contributed by atoms with Crippen LogP contribution in [0.15, 0.2) is 18.2 Å². The van der Waals surface area contributed by atoms with Gasteiger partial charge in [-0.05, 0) is 31.9 Å². The van der Waals surface area contributed by atoms with Crippen LogP contribution in [0.4, 0.5) is 0 Å². The number of aliphatic hydroxyl groups is 1. The Morgan fingerprint density at radius 1 is 1.32 bits per heavy atom. The van der Waals surface area contributed by atoms with Crippen LogP contribution in [0.3, 0.4) is 0 Å². The number of benzene rings is 1. The normalized spacial score (nSPS) is 12.3. The van der Waals surface area contributed by atoms with Gasteiger partial charge in [-0.15, -0.1) is 0 Å². The van der Waals surface area contributed by atoms with E-state index in [2.05, 4.69) is 24.3 Å². The monoisotopic (exact) mass is 427 g/mol. The zero-order valence-corrected chi connectivity index (χ0v) is 18.1. The van der Waals surface area contributed by atoms with Crippen LogP contribution in [-0.4, -0.2) is 40.0 Å². The van der Waals surface area contributed by atoms with E-state index in [-0.39, 0.29) is 25.5 Å². The van der Waals surface area contributed by atoms with Gasteiger partial charge in [0.15, 0.2) is 0 Å². The fourth-order valence-electron chi connectivity index (χ4n) is 2.81. The van der Waals surface area contributed by atoms with Crippen LogP contribution < -0.4 is 10.1 Å². The molecule has 154 valence electrons. The lowest BCUT2D eigenvalue weighted by Crippen LogP contribution is -2.36. The second kappa shape index (κ2) is 10.1. The molecule has 6 nitrogen and oxygen atoms in total. The lowest BCUT2D eigenvalue weighted by atomic mass is 10.1. The minimum absolute atomic E-state index is 0.00921. The SMILES string of the molecule is Cc1nn(CC(C)C)c(C)c1CC(=O)NCC(O)COc1cccc(Cl)c1Cl. The molecule has 2 aromatic rings. The van der Waals surface area contributed by atoms with Gasteiger partial charge in [0.25, 0.3) is 0 Å². The number of nitrogens with one attached hydrogen (secondary N) is 1. The van der Waals surface area contributed by atoms with Crippen LogP contribution in [0.2, 0.25) is 10.0 Å². The summed E-state index contributed by atoms with van der Waals surface area (Å²) in [5.41, 5.74) is 2.78. The maximum atomic E-state index is 12.3. The quantitative estimate of drug-likeness (QED) is 0.641. The van der Waals surface area contributed by atoms with Gasteiger partial charge in [0, 0.05) is 24.3 Å². The predicted molar refractivity (Wildman–Crippen MR) is 111 cm³/mol. The molecular formula is C20H27Cl2N3O3. The fourth-order valence-corrected chi connectivity index (χ4v) is 3.15. The second-order valence-electron chi connectivity index (χ2n) is 7.22. The molecule has 1 heterocycles. The van der Waals surface area contributed by atoms with E-state index < -0.39 is 6.10 Å². The Kier molecular flexibility index (Phi) is 8.16. The Balaban J connectivity index is 1.84. The largest absolute Gasteiger partial charge is 0.489 e. The third kappa shape index (κ3) is 6.12. The summed E-state index contributed by atoms with van der Waals surface area (Å²) in [6.07, 6.45) is -0.645. The number of rotatable bonds is 9. The molecule has 0 aliphatic rings. The molecule has 28 heavy (non-hydrogen) atoms. The highest BCUT2D eigenvalue weighted by molar-refractivity contribution is 6.42. The first kappa shape index (κ1) is 22.5. The van der Waals surface area contributed by atoms with Crippen LogP contribution in [0.25, 0.3) is 0 Å². The fraction of sp³-hybridized carbons (Fsp3) is 0.500. The van der Waals surface area contributed by atoms with E-state index in [1.807, 2.05) is 18.5 Å². The summed E-state index contributed by atoms with van der Waals surface area (Å²) < 4.78 is 7.42. The minimum Gasteiger partial charge on any atom is -0.489 e. The number of halogens is 2. The number of aryl methyl sites for hydroxylation is 1. The van der Waals surface area contributed by atoms with Gasteiger partial charge in [-0.2, -0.15) is 5.10 Å². The molecule has 0 bridgehead atoms. The number of ether oxygens (including phenoxy) is 1. The molecule has 0 saturated heterocycles. The topological polar surface area (TPSA) is 76.4 Å². The molecule has 1 amide bonds. The van der Waals surface area contributed by atoms with Crippen LogP contribution in [0.1, 0.15) is 30.8 Å². The van der Waals surface area contributed by atoms with Gasteiger partial charge in [0.1, 0.15) is 23.5 Å². The smallest absolute Gasteiger partial charge is 0.224 e. The third-order valence-corrected chi connectivity index (χ3v) is 5.09. The van der Waals surface area contributed by atoms with Crippen molar-refractivity contribution in [2.45, 2.75) is 46.8 Å². The Morgan fingerprint density at radius 3 is 2.71 bits per heavy atom. The average molecular weight is 428 g/mol. The summed E-state index contributed by atoms with van der Waals surface area (Å²) in [7, 11) is 0.